The number of anilines is 1. The molecule has 0 saturated carbocycles. The van der Waals surface area contributed by atoms with Crippen molar-refractivity contribution in [2.45, 2.75) is 6.54 Å². The first kappa shape index (κ1) is 15.3. The highest BCUT2D eigenvalue weighted by molar-refractivity contribution is 9.10. The van der Waals surface area contributed by atoms with Crippen LogP contribution < -0.4 is 4.90 Å². The van der Waals surface area contributed by atoms with Crippen molar-refractivity contribution >= 4 is 33.7 Å². The Bertz CT molecular complexity index is 657. The van der Waals surface area contributed by atoms with Gasteiger partial charge in [0.15, 0.2) is 0 Å². The molecule has 2 aromatic rings. The molecule has 0 fully saturated rings. The molecule has 2 rings (SSSR count). The summed E-state index contributed by atoms with van der Waals surface area (Å²) in [4.78, 5) is 16.8. The maximum Gasteiger partial charge on any atom is 0.328 e. The van der Waals surface area contributed by atoms with Gasteiger partial charge in [0, 0.05) is 42.2 Å². The van der Waals surface area contributed by atoms with Crippen LogP contribution in [0.1, 0.15) is 11.1 Å². The Hall–Kier alpha value is -2.14. The van der Waals surface area contributed by atoms with Crippen molar-refractivity contribution in [3.63, 3.8) is 0 Å². The van der Waals surface area contributed by atoms with Gasteiger partial charge in [-0.1, -0.05) is 22.0 Å². The molecule has 5 heteroatoms. The summed E-state index contributed by atoms with van der Waals surface area (Å²) in [5, 5.41) is 8.78. The second-order valence-corrected chi connectivity index (χ2v) is 5.50. The lowest BCUT2D eigenvalue weighted by Crippen LogP contribution is -2.17. The Morgan fingerprint density at radius 3 is 2.71 bits per heavy atom. The number of hydrogen-bond acceptors (Lipinski definition) is 3. The van der Waals surface area contributed by atoms with Crippen molar-refractivity contribution in [3.05, 3.63) is 64.4 Å². The predicted octanol–water partition coefficient (Wildman–Crippen LogP) is 3.58. The molecule has 21 heavy (non-hydrogen) atoms. The number of carboxylic acid groups (broad SMARTS) is 1. The van der Waals surface area contributed by atoms with Crippen LogP contribution in [0.3, 0.4) is 0 Å². The van der Waals surface area contributed by atoms with Crippen molar-refractivity contribution in [2.75, 3.05) is 11.9 Å². The van der Waals surface area contributed by atoms with Gasteiger partial charge in [0.1, 0.15) is 0 Å². The van der Waals surface area contributed by atoms with Crippen LogP contribution in [-0.4, -0.2) is 23.1 Å². The minimum absolute atomic E-state index is 0.715. The van der Waals surface area contributed by atoms with Crippen LogP contribution in [0.5, 0.6) is 0 Å². The molecule has 0 bridgehead atoms. The van der Waals surface area contributed by atoms with Crippen LogP contribution in [0.15, 0.2) is 53.3 Å². The van der Waals surface area contributed by atoms with E-state index in [1.807, 2.05) is 37.4 Å². The van der Waals surface area contributed by atoms with Gasteiger partial charge in [-0.15, -0.1) is 0 Å². The van der Waals surface area contributed by atoms with E-state index in [2.05, 4.69) is 25.8 Å². The van der Waals surface area contributed by atoms with E-state index in [1.165, 1.54) is 0 Å². The highest BCUT2D eigenvalue weighted by atomic mass is 79.9. The van der Waals surface area contributed by atoms with E-state index in [4.69, 9.17) is 5.11 Å². The molecule has 0 unspecified atom stereocenters. The van der Waals surface area contributed by atoms with Gasteiger partial charge in [0.25, 0.3) is 0 Å². The fourth-order valence-electron chi connectivity index (χ4n) is 2.00. The number of benzene rings is 1. The quantitative estimate of drug-likeness (QED) is 0.840. The predicted molar refractivity (Wildman–Crippen MR) is 87.2 cm³/mol. The number of pyridine rings is 1. The molecule has 0 atom stereocenters. The van der Waals surface area contributed by atoms with Gasteiger partial charge in [-0.25, -0.2) is 4.79 Å². The molecule has 0 aliphatic carbocycles. The standard InChI is InChI=1S/C16H15BrN2O2/c1-19(11-12-6-8-18-9-7-12)15-10-14(17)4-2-13(15)3-5-16(20)21/h2-10H,11H2,1H3,(H,20,21)/b5-3+. The lowest BCUT2D eigenvalue weighted by Gasteiger charge is -2.22. The molecule has 1 N–H and O–H groups in total. The Balaban J connectivity index is 2.28. The Kier molecular flexibility index (Phi) is 5.11. The molecule has 108 valence electrons. The second kappa shape index (κ2) is 7.04. The summed E-state index contributed by atoms with van der Waals surface area (Å²) < 4.78 is 0.951. The highest BCUT2D eigenvalue weighted by Crippen LogP contribution is 2.26. The zero-order chi connectivity index (χ0) is 15.2. The van der Waals surface area contributed by atoms with E-state index in [9.17, 15) is 4.79 Å². The van der Waals surface area contributed by atoms with Gasteiger partial charge in [0.05, 0.1) is 0 Å². The van der Waals surface area contributed by atoms with E-state index in [0.717, 1.165) is 27.4 Å². The van der Waals surface area contributed by atoms with E-state index in [1.54, 1.807) is 18.5 Å². The number of hydrogen-bond donors (Lipinski definition) is 1. The largest absolute Gasteiger partial charge is 0.478 e. The van der Waals surface area contributed by atoms with Crippen LogP contribution >= 0.6 is 15.9 Å². The molecule has 0 aliphatic rings. The monoisotopic (exact) mass is 346 g/mol. The molecule has 1 aromatic heterocycles. The number of halogens is 1. The summed E-state index contributed by atoms with van der Waals surface area (Å²) in [7, 11) is 1.97. The molecule has 0 saturated heterocycles. The van der Waals surface area contributed by atoms with Crippen LogP contribution in [-0.2, 0) is 11.3 Å². The van der Waals surface area contributed by atoms with Crippen LogP contribution in [0.4, 0.5) is 5.69 Å². The van der Waals surface area contributed by atoms with Crippen LogP contribution in [0, 0.1) is 0 Å². The lowest BCUT2D eigenvalue weighted by molar-refractivity contribution is -0.131. The van der Waals surface area contributed by atoms with Gasteiger partial charge in [-0.3, -0.25) is 4.98 Å². The summed E-state index contributed by atoms with van der Waals surface area (Å²) in [6.45, 7) is 0.715. The summed E-state index contributed by atoms with van der Waals surface area (Å²) in [5.41, 5.74) is 2.96. The van der Waals surface area contributed by atoms with Gasteiger partial charge >= 0.3 is 5.97 Å². The highest BCUT2D eigenvalue weighted by Gasteiger charge is 2.07. The van der Waals surface area contributed by atoms with Crippen molar-refractivity contribution in [1.29, 1.82) is 0 Å². The number of aromatic nitrogens is 1. The minimum atomic E-state index is -0.958. The van der Waals surface area contributed by atoms with Gasteiger partial charge in [-0.2, -0.15) is 0 Å². The van der Waals surface area contributed by atoms with Gasteiger partial charge in [-0.05, 0) is 41.5 Å². The first-order valence-electron chi connectivity index (χ1n) is 6.37. The first-order chi connectivity index (χ1) is 10.1. The molecule has 0 aliphatic heterocycles. The number of carbonyl (C=O) groups is 1. The topological polar surface area (TPSA) is 53.4 Å². The van der Waals surface area contributed by atoms with Gasteiger partial charge in [0.2, 0.25) is 0 Å². The molecule has 0 radical (unpaired) electrons. The Labute approximate surface area is 131 Å². The Morgan fingerprint density at radius 1 is 1.33 bits per heavy atom. The van der Waals surface area contributed by atoms with E-state index in [0.29, 0.717) is 6.54 Å². The molecule has 0 spiro atoms. The maximum atomic E-state index is 10.7. The minimum Gasteiger partial charge on any atom is -0.478 e. The van der Waals surface area contributed by atoms with E-state index >= 15 is 0 Å². The third-order valence-corrected chi connectivity index (χ3v) is 3.47. The van der Waals surface area contributed by atoms with E-state index in [-0.39, 0.29) is 0 Å². The average Bonchev–Trinajstić information content (AvgIpc) is 2.46. The van der Waals surface area contributed by atoms with Crippen molar-refractivity contribution in [2.24, 2.45) is 0 Å². The fourth-order valence-corrected chi connectivity index (χ4v) is 2.35. The molecule has 0 amide bonds. The zero-order valence-electron chi connectivity index (χ0n) is 11.5. The molecular formula is C16H15BrN2O2. The summed E-state index contributed by atoms with van der Waals surface area (Å²) in [6, 6.07) is 9.68. The first-order valence-corrected chi connectivity index (χ1v) is 7.16. The molecule has 1 aromatic carbocycles. The zero-order valence-corrected chi connectivity index (χ0v) is 13.1. The lowest BCUT2D eigenvalue weighted by atomic mass is 10.1. The third kappa shape index (κ3) is 4.43. The van der Waals surface area contributed by atoms with Gasteiger partial charge < -0.3 is 10.0 Å². The van der Waals surface area contributed by atoms with Crippen LogP contribution in [0.25, 0.3) is 6.08 Å². The average molecular weight is 347 g/mol. The second-order valence-electron chi connectivity index (χ2n) is 4.59. The molecule has 1 heterocycles. The Morgan fingerprint density at radius 2 is 2.05 bits per heavy atom. The smallest absolute Gasteiger partial charge is 0.328 e. The fraction of sp³-hybridized carbons (Fsp3) is 0.125. The molecular weight excluding hydrogens is 332 g/mol. The summed E-state index contributed by atoms with van der Waals surface area (Å²) >= 11 is 3.45. The van der Waals surface area contributed by atoms with Crippen molar-refractivity contribution in [1.82, 2.24) is 4.98 Å². The third-order valence-electron chi connectivity index (χ3n) is 2.98. The maximum absolute atomic E-state index is 10.7. The van der Waals surface area contributed by atoms with Crippen LogP contribution in [0.2, 0.25) is 0 Å². The number of aliphatic carboxylic acids is 1. The van der Waals surface area contributed by atoms with Crippen molar-refractivity contribution < 1.29 is 9.90 Å². The summed E-state index contributed by atoms with van der Waals surface area (Å²) in [6.07, 6.45) is 6.27. The molecule has 4 nitrogen and oxygen atoms in total. The van der Waals surface area contributed by atoms with E-state index < -0.39 is 5.97 Å². The van der Waals surface area contributed by atoms with Crippen molar-refractivity contribution in [3.8, 4) is 0 Å². The SMILES string of the molecule is CN(Cc1ccncc1)c1cc(Br)ccc1/C=C/C(=O)O. The summed E-state index contributed by atoms with van der Waals surface area (Å²) in [5.74, 6) is -0.958. The number of carboxylic acids is 1. The normalized spacial score (nSPS) is 10.8. The number of nitrogens with zero attached hydrogens (tertiary/aromatic N) is 2. The number of rotatable bonds is 5.